The number of urea groups is 1. The molecule has 1 unspecified atom stereocenters. The van der Waals surface area contributed by atoms with Crippen LogP contribution in [0.1, 0.15) is 23.6 Å². The molecule has 0 aliphatic carbocycles. The van der Waals surface area contributed by atoms with E-state index in [0.29, 0.717) is 29.3 Å². The zero-order valence-corrected chi connectivity index (χ0v) is 16.8. The van der Waals surface area contributed by atoms with E-state index in [1.54, 1.807) is 19.2 Å². The van der Waals surface area contributed by atoms with Crippen LogP contribution in [0.25, 0.3) is 0 Å². The van der Waals surface area contributed by atoms with Gasteiger partial charge in [-0.2, -0.15) is 5.10 Å². The summed E-state index contributed by atoms with van der Waals surface area (Å²) in [6.45, 7) is 2.04. The van der Waals surface area contributed by atoms with E-state index in [9.17, 15) is 9.59 Å². The summed E-state index contributed by atoms with van der Waals surface area (Å²) in [5.74, 6) is 1.06. The van der Waals surface area contributed by atoms with Crippen molar-refractivity contribution in [1.29, 1.82) is 0 Å². The van der Waals surface area contributed by atoms with Crippen molar-refractivity contribution >= 4 is 23.3 Å². The van der Waals surface area contributed by atoms with Gasteiger partial charge in [0.2, 0.25) is 12.7 Å². The van der Waals surface area contributed by atoms with Crippen LogP contribution in [0.2, 0.25) is 0 Å². The van der Waals surface area contributed by atoms with E-state index < -0.39 is 0 Å². The highest BCUT2D eigenvalue weighted by Crippen LogP contribution is 2.37. The van der Waals surface area contributed by atoms with Crippen LogP contribution in [-0.4, -0.2) is 49.1 Å². The third-order valence-corrected chi connectivity index (χ3v) is 5.04. The number of amides is 3. The molecule has 0 radical (unpaired) electrons. The molecule has 2 heterocycles. The molecule has 9 heteroatoms. The molecule has 0 aromatic heterocycles. The molecule has 2 aromatic carbocycles. The van der Waals surface area contributed by atoms with Crippen LogP contribution in [0.15, 0.2) is 41.5 Å². The molecular weight excluding hydrogens is 386 g/mol. The van der Waals surface area contributed by atoms with Crippen LogP contribution >= 0.6 is 0 Å². The van der Waals surface area contributed by atoms with Gasteiger partial charge < -0.3 is 25.8 Å². The number of nitrogens with two attached hydrogens (primary N) is 1. The molecule has 0 fully saturated rings. The molecule has 30 heavy (non-hydrogen) atoms. The minimum atomic E-state index is -0.292. The molecule has 2 aliphatic heterocycles. The Morgan fingerprint density at radius 3 is 2.57 bits per heavy atom. The number of benzene rings is 2. The lowest BCUT2D eigenvalue weighted by molar-refractivity contribution is -0.114. The number of hydrogen-bond acceptors (Lipinski definition) is 6. The molecule has 4 rings (SSSR count). The molecule has 0 saturated heterocycles. The van der Waals surface area contributed by atoms with E-state index >= 15 is 0 Å². The van der Waals surface area contributed by atoms with E-state index in [1.807, 2.05) is 31.2 Å². The first-order valence-electron chi connectivity index (χ1n) is 9.63. The second-order valence-corrected chi connectivity index (χ2v) is 7.09. The maximum Gasteiger partial charge on any atom is 0.337 e. The first-order valence-corrected chi connectivity index (χ1v) is 9.63. The normalized spacial score (nSPS) is 17.0. The van der Waals surface area contributed by atoms with Crippen LogP contribution in [-0.2, 0) is 11.2 Å². The van der Waals surface area contributed by atoms with Gasteiger partial charge in [-0.1, -0.05) is 12.1 Å². The fourth-order valence-corrected chi connectivity index (χ4v) is 3.54. The number of nitrogens with zero attached hydrogens (tertiary/aromatic N) is 2. The Morgan fingerprint density at radius 2 is 1.90 bits per heavy atom. The van der Waals surface area contributed by atoms with E-state index in [0.717, 1.165) is 16.7 Å². The Labute approximate surface area is 173 Å². The molecule has 156 valence electrons. The zero-order chi connectivity index (χ0) is 21.3. The smallest absolute Gasteiger partial charge is 0.337 e. The highest BCUT2D eigenvalue weighted by Gasteiger charge is 2.29. The third kappa shape index (κ3) is 3.67. The maximum absolute atomic E-state index is 12.5. The maximum atomic E-state index is 12.5. The van der Waals surface area contributed by atoms with Gasteiger partial charge in [0.05, 0.1) is 18.3 Å². The molecule has 1 atom stereocenters. The van der Waals surface area contributed by atoms with Crippen molar-refractivity contribution in [2.24, 2.45) is 10.8 Å². The van der Waals surface area contributed by atoms with Gasteiger partial charge in [0.1, 0.15) is 0 Å². The van der Waals surface area contributed by atoms with Crippen LogP contribution < -0.4 is 25.8 Å². The summed E-state index contributed by atoms with van der Waals surface area (Å²) in [5, 5.41) is 11.5. The highest BCUT2D eigenvalue weighted by atomic mass is 16.7. The van der Waals surface area contributed by atoms with Gasteiger partial charge in [0.25, 0.3) is 0 Å². The van der Waals surface area contributed by atoms with Crippen LogP contribution in [0.5, 0.6) is 11.5 Å². The van der Waals surface area contributed by atoms with E-state index in [2.05, 4.69) is 10.6 Å². The fraction of sp³-hybridized carbons (Fsp3) is 0.286. The topological polar surface area (TPSA) is 118 Å². The summed E-state index contributed by atoms with van der Waals surface area (Å²) in [6, 6.07) is 10.6. The number of nitrogens with one attached hydrogen (secondary N) is 2. The molecule has 2 aliphatic rings. The first-order chi connectivity index (χ1) is 14.5. The fourth-order valence-electron chi connectivity index (χ4n) is 3.54. The van der Waals surface area contributed by atoms with Crippen molar-refractivity contribution in [2.75, 3.05) is 25.7 Å². The summed E-state index contributed by atoms with van der Waals surface area (Å²) >= 11 is 0. The number of carbonyl (C=O) groups excluding carboxylic acids is 2. The van der Waals surface area contributed by atoms with Gasteiger partial charge in [-0.15, -0.1) is 0 Å². The number of anilines is 1. The largest absolute Gasteiger partial charge is 0.454 e. The quantitative estimate of drug-likeness (QED) is 0.712. The molecule has 3 amide bonds. The van der Waals surface area contributed by atoms with Crippen LogP contribution in [0, 0.1) is 0 Å². The standard InChI is InChI=1S/C21H23N5O4/c1-12-7-14-8-17-18(30-11-29-17)9-16(14)20(25-26(12)21(28)23-2)13-3-5-15(6-4-13)24-19(27)10-22/h3-6,8-9,12H,7,10-11,22H2,1-2H3,(H,23,28)(H,24,27). The SMILES string of the molecule is CNC(=O)N1N=C(c2ccc(NC(=O)CN)cc2)c2cc3c(cc2CC1C)OCO3. The van der Waals surface area contributed by atoms with Crippen molar-refractivity contribution in [1.82, 2.24) is 10.3 Å². The van der Waals surface area contributed by atoms with E-state index in [4.69, 9.17) is 20.3 Å². The van der Waals surface area contributed by atoms with E-state index in [1.165, 1.54) is 5.01 Å². The summed E-state index contributed by atoms with van der Waals surface area (Å²) in [4.78, 5) is 24.0. The van der Waals surface area contributed by atoms with Crippen LogP contribution in [0.3, 0.4) is 0 Å². The Morgan fingerprint density at radius 1 is 1.20 bits per heavy atom. The van der Waals surface area contributed by atoms with Gasteiger partial charge in [-0.3, -0.25) is 4.79 Å². The summed E-state index contributed by atoms with van der Waals surface area (Å²) in [7, 11) is 1.58. The average Bonchev–Trinajstić information content (AvgIpc) is 3.16. The van der Waals surface area contributed by atoms with Crippen molar-refractivity contribution in [2.45, 2.75) is 19.4 Å². The van der Waals surface area contributed by atoms with Gasteiger partial charge in [0.15, 0.2) is 11.5 Å². The lowest BCUT2D eigenvalue weighted by Gasteiger charge is -2.22. The Hall–Kier alpha value is -3.59. The average molecular weight is 409 g/mol. The Kier molecular flexibility index (Phi) is 5.28. The van der Waals surface area contributed by atoms with Gasteiger partial charge in [-0.25, -0.2) is 9.80 Å². The van der Waals surface area contributed by atoms with Gasteiger partial charge in [-0.05, 0) is 43.2 Å². The van der Waals surface area contributed by atoms with Crippen molar-refractivity contribution < 1.29 is 19.1 Å². The Balaban J connectivity index is 1.80. The number of ether oxygens (including phenoxy) is 2. The monoisotopic (exact) mass is 409 g/mol. The molecule has 0 saturated carbocycles. The predicted octanol–water partition coefficient (Wildman–Crippen LogP) is 1.65. The zero-order valence-electron chi connectivity index (χ0n) is 16.8. The minimum Gasteiger partial charge on any atom is -0.454 e. The number of hydrogen-bond donors (Lipinski definition) is 3. The second-order valence-electron chi connectivity index (χ2n) is 7.09. The van der Waals surface area contributed by atoms with Gasteiger partial charge in [0, 0.05) is 23.9 Å². The number of carbonyl (C=O) groups is 2. The summed E-state index contributed by atoms with van der Waals surface area (Å²) in [6.07, 6.45) is 0.608. The van der Waals surface area contributed by atoms with Crippen LogP contribution in [0.4, 0.5) is 10.5 Å². The van der Waals surface area contributed by atoms with Crippen molar-refractivity contribution in [3.05, 3.63) is 53.1 Å². The predicted molar refractivity (Wildman–Crippen MR) is 112 cm³/mol. The lowest BCUT2D eigenvalue weighted by Crippen LogP contribution is -2.41. The van der Waals surface area contributed by atoms with Crippen molar-refractivity contribution in [3.63, 3.8) is 0 Å². The second kappa shape index (κ2) is 8.03. The molecule has 4 N–H and O–H groups in total. The summed E-state index contributed by atoms with van der Waals surface area (Å²) in [5.41, 5.74) is 9.30. The highest BCUT2D eigenvalue weighted by molar-refractivity contribution is 6.14. The molecular formula is C21H23N5O4. The molecule has 0 spiro atoms. The molecule has 2 aromatic rings. The number of fused-ring (bicyclic) bond motifs is 2. The number of hydrazone groups is 1. The number of rotatable bonds is 3. The van der Waals surface area contributed by atoms with Gasteiger partial charge >= 0.3 is 6.03 Å². The third-order valence-electron chi connectivity index (χ3n) is 5.04. The molecule has 9 nitrogen and oxygen atoms in total. The lowest BCUT2D eigenvalue weighted by atomic mass is 9.94. The molecule has 0 bridgehead atoms. The summed E-state index contributed by atoms with van der Waals surface area (Å²) < 4.78 is 11.1. The Bertz CT molecular complexity index is 1020. The van der Waals surface area contributed by atoms with Crippen molar-refractivity contribution in [3.8, 4) is 11.5 Å². The minimum absolute atomic E-state index is 0.0893. The van der Waals surface area contributed by atoms with E-state index in [-0.39, 0.29) is 31.3 Å². The first kappa shape index (κ1) is 19.7.